The maximum absolute atomic E-state index is 13.0. The molecule has 0 fully saturated rings. The smallest absolute Gasteiger partial charge is 0.274 e. The number of nitro groups is 1. The van der Waals surface area contributed by atoms with E-state index >= 15 is 0 Å². The molecule has 7 heteroatoms. The minimum absolute atomic E-state index is 0.0191. The molecule has 17 heavy (non-hydrogen) atoms. The number of carbonyl (C=O) groups excluding carboxylic acids is 1. The average molecular weight is 242 g/mol. The summed E-state index contributed by atoms with van der Waals surface area (Å²) >= 11 is 0. The second-order valence-corrected chi connectivity index (χ2v) is 3.32. The van der Waals surface area contributed by atoms with Gasteiger partial charge < -0.3 is 10.1 Å². The summed E-state index contributed by atoms with van der Waals surface area (Å²) in [5.41, 5.74) is -0.407. The van der Waals surface area contributed by atoms with Gasteiger partial charge >= 0.3 is 0 Å². The fourth-order valence-corrected chi connectivity index (χ4v) is 1.10. The predicted molar refractivity (Wildman–Crippen MR) is 58.2 cm³/mol. The van der Waals surface area contributed by atoms with E-state index in [1.807, 2.05) is 0 Å². The molecule has 0 saturated heterocycles. The number of hydrogen-bond donors (Lipinski definition) is 1. The number of benzene rings is 1. The van der Waals surface area contributed by atoms with Crippen LogP contribution in [0.25, 0.3) is 0 Å². The second kappa shape index (κ2) is 5.35. The average Bonchev–Trinajstić information content (AvgIpc) is 2.26. The van der Waals surface area contributed by atoms with Crippen molar-refractivity contribution in [2.45, 2.75) is 13.0 Å². The van der Waals surface area contributed by atoms with Crippen molar-refractivity contribution in [1.29, 1.82) is 0 Å². The number of hydrogen-bond acceptors (Lipinski definition) is 4. The van der Waals surface area contributed by atoms with Crippen LogP contribution in [0.1, 0.15) is 6.92 Å². The lowest BCUT2D eigenvalue weighted by Crippen LogP contribution is -2.26. The number of rotatable bonds is 4. The number of nitrogens with zero attached hydrogens (tertiary/aromatic N) is 1. The summed E-state index contributed by atoms with van der Waals surface area (Å²) in [6.07, 6.45) is -0.725. The first-order valence-corrected chi connectivity index (χ1v) is 4.72. The Morgan fingerprint density at radius 3 is 2.71 bits per heavy atom. The van der Waals surface area contributed by atoms with E-state index in [0.29, 0.717) is 0 Å². The van der Waals surface area contributed by atoms with E-state index in [9.17, 15) is 19.3 Å². The minimum Gasteiger partial charge on any atom is -0.372 e. The third-order valence-electron chi connectivity index (χ3n) is 2.08. The van der Waals surface area contributed by atoms with Gasteiger partial charge in [0.15, 0.2) is 0 Å². The molecule has 1 N–H and O–H groups in total. The molecule has 1 aromatic rings. The van der Waals surface area contributed by atoms with Crippen molar-refractivity contribution in [3.8, 4) is 0 Å². The van der Waals surface area contributed by atoms with Crippen molar-refractivity contribution in [1.82, 2.24) is 0 Å². The monoisotopic (exact) mass is 242 g/mol. The number of carbonyl (C=O) groups is 1. The van der Waals surface area contributed by atoms with E-state index in [2.05, 4.69) is 5.32 Å². The molecule has 1 amide bonds. The SMILES string of the molecule is COC(C)C(=O)Nc1cc(F)cc([N+](=O)[O-])c1. The largest absolute Gasteiger partial charge is 0.372 e. The number of anilines is 1. The van der Waals surface area contributed by atoms with E-state index in [-0.39, 0.29) is 5.69 Å². The van der Waals surface area contributed by atoms with Gasteiger partial charge in [0.25, 0.3) is 11.6 Å². The summed E-state index contributed by atoms with van der Waals surface area (Å²) in [6.45, 7) is 1.50. The Morgan fingerprint density at radius 2 is 2.18 bits per heavy atom. The van der Waals surface area contributed by atoms with Crippen LogP contribution in [0, 0.1) is 15.9 Å². The maximum atomic E-state index is 13.0. The number of methoxy groups -OCH3 is 1. The predicted octanol–water partition coefficient (Wildman–Crippen LogP) is 1.71. The number of nitro benzene ring substituents is 1. The van der Waals surface area contributed by atoms with Gasteiger partial charge in [0, 0.05) is 13.2 Å². The first-order valence-electron chi connectivity index (χ1n) is 4.72. The van der Waals surface area contributed by atoms with E-state index in [0.717, 1.165) is 18.2 Å². The van der Waals surface area contributed by atoms with Gasteiger partial charge in [0.2, 0.25) is 0 Å². The van der Waals surface area contributed by atoms with Crippen LogP contribution in [0.5, 0.6) is 0 Å². The van der Waals surface area contributed by atoms with Crippen LogP contribution in [-0.4, -0.2) is 24.0 Å². The van der Waals surface area contributed by atoms with Gasteiger partial charge in [0.05, 0.1) is 16.7 Å². The molecular formula is C10H11FN2O4. The van der Waals surface area contributed by atoms with E-state index in [4.69, 9.17) is 4.74 Å². The van der Waals surface area contributed by atoms with Crippen molar-refractivity contribution in [2.24, 2.45) is 0 Å². The summed E-state index contributed by atoms with van der Waals surface area (Å²) in [7, 11) is 1.35. The zero-order valence-corrected chi connectivity index (χ0v) is 9.27. The lowest BCUT2D eigenvalue weighted by atomic mass is 10.2. The van der Waals surface area contributed by atoms with E-state index in [1.165, 1.54) is 14.0 Å². The molecule has 6 nitrogen and oxygen atoms in total. The molecule has 0 aliphatic carbocycles. The molecule has 1 rings (SSSR count). The first kappa shape index (κ1) is 13.0. The molecule has 0 heterocycles. The highest BCUT2D eigenvalue weighted by Crippen LogP contribution is 2.20. The molecule has 1 unspecified atom stereocenters. The molecule has 0 saturated carbocycles. The van der Waals surface area contributed by atoms with Crippen LogP contribution in [0.3, 0.4) is 0 Å². The fraction of sp³-hybridized carbons (Fsp3) is 0.300. The topological polar surface area (TPSA) is 81.5 Å². The number of ether oxygens (including phenoxy) is 1. The number of nitrogens with one attached hydrogen (secondary N) is 1. The zero-order chi connectivity index (χ0) is 13.0. The Hall–Kier alpha value is -2.02. The number of halogens is 1. The summed E-state index contributed by atoms with van der Waals surface area (Å²) in [6, 6.07) is 2.84. The van der Waals surface area contributed by atoms with Crippen molar-refractivity contribution in [2.75, 3.05) is 12.4 Å². The summed E-state index contributed by atoms with van der Waals surface area (Å²) in [4.78, 5) is 21.2. The standard InChI is InChI=1S/C10H11FN2O4/c1-6(17-2)10(14)12-8-3-7(11)4-9(5-8)13(15)16/h3-6H,1-2H3,(H,12,14). The summed E-state index contributed by atoms with van der Waals surface area (Å²) in [5, 5.41) is 12.8. The van der Waals surface area contributed by atoms with Crippen molar-refractivity contribution in [3.63, 3.8) is 0 Å². The lowest BCUT2D eigenvalue weighted by Gasteiger charge is -2.10. The van der Waals surface area contributed by atoms with Crippen molar-refractivity contribution in [3.05, 3.63) is 34.1 Å². The number of amides is 1. The Labute approximate surface area is 96.5 Å². The molecular weight excluding hydrogens is 231 g/mol. The van der Waals surface area contributed by atoms with Crippen LogP contribution in [0.2, 0.25) is 0 Å². The van der Waals surface area contributed by atoms with Gasteiger partial charge in [-0.3, -0.25) is 14.9 Å². The van der Waals surface area contributed by atoms with Crippen molar-refractivity contribution < 1.29 is 18.8 Å². The van der Waals surface area contributed by atoms with E-state index < -0.39 is 28.4 Å². The quantitative estimate of drug-likeness (QED) is 0.643. The van der Waals surface area contributed by atoms with Gasteiger partial charge in [-0.05, 0) is 13.0 Å². The van der Waals surface area contributed by atoms with Gasteiger partial charge in [-0.1, -0.05) is 0 Å². The van der Waals surface area contributed by atoms with Gasteiger partial charge in [-0.2, -0.15) is 0 Å². The van der Waals surface area contributed by atoms with Crippen LogP contribution >= 0.6 is 0 Å². The third-order valence-corrected chi connectivity index (χ3v) is 2.08. The molecule has 1 aromatic carbocycles. The van der Waals surface area contributed by atoms with Gasteiger partial charge in [-0.25, -0.2) is 4.39 Å². The molecule has 0 bridgehead atoms. The highest BCUT2D eigenvalue weighted by molar-refractivity contribution is 5.94. The van der Waals surface area contributed by atoms with Crippen LogP contribution < -0.4 is 5.32 Å². The Morgan fingerprint density at radius 1 is 1.53 bits per heavy atom. The third kappa shape index (κ3) is 3.49. The highest BCUT2D eigenvalue weighted by atomic mass is 19.1. The first-order chi connectivity index (χ1) is 7.93. The van der Waals surface area contributed by atoms with Gasteiger partial charge in [-0.15, -0.1) is 0 Å². The summed E-state index contributed by atoms with van der Waals surface area (Å²) < 4.78 is 17.8. The van der Waals surface area contributed by atoms with Crippen LogP contribution in [-0.2, 0) is 9.53 Å². The fourth-order valence-electron chi connectivity index (χ4n) is 1.10. The Kier molecular flexibility index (Phi) is 4.11. The van der Waals surface area contributed by atoms with Crippen LogP contribution in [0.4, 0.5) is 15.8 Å². The molecule has 0 spiro atoms. The number of non-ortho nitro benzene ring substituents is 1. The molecule has 92 valence electrons. The summed E-state index contributed by atoms with van der Waals surface area (Å²) in [5.74, 6) is -1.30. The second-order valence-electron chi connectivity index (χ2n) is 3.32. The maximum Gasteiger partial charge on any atom is 0.274 e. The van der Waals surface area contributed by atoms with E-state index in [1.54, 1.807) is 0 Å². The Bertz CT molecular complexity index is 450. The lowest BCUT2D eigenvalue weighted by molar-refractivity contribution is -0.385. The van der Waals surface area contributed by atoms with Crippen molar-refractivity contribution >= 4 is 17.3 Å². The molecule has 0 aliphatic heterocycles. The molecule has 1 atom stereocenters. The molecule has 0 radical (unpaired) electrons. The normalized spacial score (nSPS) is 11.9. The zero-order valence-electron chi connectivity index (χ0n) is 9.27. The van der Waals surface area contributed by atoms with Gasteiger partial charge in [0.1, 0.15) is 11.9 Å². The minimum atomic E-state index is -0.792. The van der Waals surface area contributed by atoms with Crippen LogP contribution in [0.15, 0.2) is 18.2 Å². The highest BCUT2D eigenvalue weighted by Gasteiger charge is 2.15. The Balaban J connectivity index is 2.92. The molecule has 0 aromatic heterocycles. The molecule has 0 aliphatic rings.